The second-order valence-electron chi connectivity index (χ2n) is 3.02. The fourth-order valence-corrected chi connectivity index (χ4v) is 2.36. The zero-order valence-corrected chi connectivity index (χ0v) is 10.2. The minimum absolute atomic E-state index is 0.0886. The van der Waals surface area contributed by atoms with Crippen LogP contribution in [0.5, 0.6) is 0 Å². The summed E-state index contributed by atoms with van der Waals surface area (Å²) in [6, 6.07) is 6.21. The zero-order chi connectivity index (χ0) is 11.7. The molecule has 0 aliphatic heterocycles. The molecule has 0 aliphatic rings. The van der Waals surface area contributed by atoms with Crippen molar-refractivity contribution in [3.63, 3.8) is 0 Å². The lowest BCUT2D eigenvalue weighted by atomic mass is 10.1. The Morgan fingerprint density at radius 3 is 2.75 bits per heavy atom. The van der Waals surface area contributed by atoms with Crippen LogP contribution < -0.4 is 0 Å². The predicted octanol–water partition coefficient (Wildman–Crippen LogP) is 4.27. The molecule has 1 aromatic carbocycles. The van der Waals surface area contributed by atoms with Crippen molar-refractivity contribution in [2.75, 3.05) is 0 Å². The van der Waals surface area contributed by atoms with E-state index in [4.69, 9.17) is 16.0 Å². The highest BCUT2D eigenvalue weighted by Crippen LogP contribution is 2.38. The van der Waals surface area contributed by atoms with Crippen molar-refractivity contribution < 1.29 is 9.34 Å². The van der Waals surface area contributed by atoms with Crippen molar-refractivity contribution in [2.24, 2.45) is 0 Å². The van der Waals surface area contributed by atoms with Crippen molar-refractivity contribution in [3.05, 3.63) is 50.1 Å². The third-order valence-corrected chi connectivity index (χ3v) is 2.84. The van der Waals surface area contributed by atoms with Gasteiger partial charge in [0.15, 0.2) is 0 Å². The third-order valence-electron chi connectivity index (χ3n) is 2.00. The van der Waals surface area contributed by atoms with Gasteiger partial charge in [-0.3, -0.25) is 10.1 Å². The molecule has 4 nitrogen and oxygen atoms in total. The monoisotopic (exact) mass is 301 g/mol. The maximum Gasteiger partial charge on any atom is 0.282 e. The van der Waals surface area contributed by atoms with Crippen LogP contribution in [0.4, 0.5) is 5.69 Å². The van der Waals surface area contributed by atoms with Crippen molar-refractivity contribution in [2.45, 2.75) is 0 Å². The number of rotatable bonds is 2. The van der Waals surface area contributed by atoms with Gasteiger partial charge in [-0.05, 0) is 34.1 Å². The maximum absolute atomic E-state index is 10.9. The van der Waals surface area contributed by atoms with Crippen LogP contribution >= 0.6 is 27.5 Å². The molecule has 2 aromatic rings. The van der Waals surface area contributed by atoms with E-state index in [0.29, 0.717) is 20.8 Å². The van der Waals surface area contributed by atoms with Crippen LogP contribution in [-0.4, -0.2) is 4.92 Å². The molecule has 6 heteroatoms. The molecule has 0 saturated carbocycles. The standard InChI is InChI=1S/C10H5BrClNO3/c11-7-4-6(12)5-8(13(14)15)10(7)9-2-1-3-16-9/h1-5H. The largest absolute Gasteiger partial charge is 0.464 e. The average Bonchev–Trinajstić information content (AvgIpc) is 2.69. The summed E-state index contributed by atoms with van der Waals surface area (Å²) in [6.45, 7) is 0. The molecule has 2 rings (SSSR count). The van der Waals surface area contributed by atoms with Gasteiger partial charge in [0.25, 0.3) is 5.69 Å². The lowest BCUT2D eigenvalue weighted by molar-refractivity contribution is -0.384. The second-order valence-corrected chi connectivity index (χ2v) is 4.31. The molecule has 0 bridgehead atoms. The van der Waals surface area contributed by atoms with Gasteiger partial charge in [-0.2, -0.15) is 0 Å². The highest BCUT2D eigenvalue weighted by atomic mass is 79.9. The Hall–Kier alpha value is -1.33. The Balaban J connectivity index is 2.72. The van der Waals surface area contributed by atoms with Crippen molar-refractivity contribution in [1.29, 1.82) is 0 Å². The third kappa shape index (κ3) is 1.96. The van der Waals surface area contributed by atoms with Gasteiger partial charge in [0.1, 0.15) is 11.3 Å². The first-order chi connectivity index (χ1) is 7.59. The summed E-state index contributed by atoms with van der Waals surface area (Å²) in [6.07, 6.45) is 1.46. The normalized spacial score (nSPS) is 10.4. The average molecular weight is 303 g/mol. The van der Waals surface area contributed by atoms with Gasteiger partial charge in [-0.25, -0.2) is 0 Å². The molecule has 0 aliphatic carbocycles. The van der Waals surface area contributed by atoms with Crippen LogP contribution in [0.3, 0.4) is 0 Å². The number of furan rings is 1. The fourth-order valence-electron chi connectivity index (χ4n) is 1.37. The Bertz CT molecular complexity index is 539. The van der Waals surface area contributed by atoms with Crippen LogP contribution in [-0.2, 0) is 0 Å². The van der Waals surface area contributed by atoms with E-state index in [1.54, 1.807) is 18.2 Å². The lowest BCUT2D eigenvalue weighted by Crippen LogP contribution is -1.92. The SMILES string of the molecule is O=[N+]([O-])c1cc(Cl)cc(Br)c1-c1ccco1. The van der Waals surface area contributed by atoms with Gasteiger partial charge < -0.3 is 4.42 Å². The van der Waals surface area contributed by atoms with Gasteiger partial charge in [-0.1, -0.05) is 11.6 Å². The number of nitrogens with zero attached hydrogens (tertiary/aromatic N) is 1. The Morgan fingerprint density at radius 2 is 2.19 bits per heavy atom. The van der Waals surface area contributed by atoms with E-state index in [-0.39, 0.29) is 5.69 Å². The number of nitro benzene ring substituents is 1. The second kappa shape index (κ2) is 4.27. The summed E-state index contributed by atoms with van der Waals surface area (Å²) in [5, 5.41) is 11.2. The first-order valence-electron chi connectivity index (χ1n) is 4.27. The van der Waals surface area contributed by atoms with E-state index in [2.05, 4.69) is 15.9 Å². The molecule has 0 saturated heterocycles. The molecule has 0 N–H and O–H groups in total. The van der Waals surface area contributed by atoms with Crippen LogP contribution in [0.15, 0.2) is 39.4 Å². The Labute approximate surface area is 104 Å². The van der Waals surface area contributed by atoms with Crippen molar-refractivity contribution >= 4 is 33.2 Å². The molecule has 1 heterocycles. The summed E-state index contributed by atoms with van der Waals surface area (Å²) < 4.78 is 5.68. The number of benzene rings is 1. The van der Waals surface area contributed by atoms with Gasteiger partial charge >= 0.3 is 0 Å². The van der Waals surface area contributed by atoms with E-state index in [1.165, 1.54) is 12.3 Å². The van der Waals surface area contributed by atoms with E-state index in [0.717, 1.165) is 0 Å². The number of hydrogen-bond acceptors (Lipinski definition) is 3. The predicted molar refractivity (Wildman–Crippen MR) is 63.5 cm³/mol. The highest BCUT2D eigenvalue weighted by Gasteiger charge is 2.21. The van der Waals surface area contributed by atoms with Crippen LogP contribution in [0.1, 0.15) is 0 Å². The minimum atomic E-state index is -0.492. The van der Waals surface area contributed by atoms with E-state index < -0.39 is 4.92 Å². The van der Waals surface area contributed by atoms with Gasteiger partial charge in [-0.15, -0.1) is 0 Å². The lowest BCUT2D eigenvalue weighted by Gasteiger charge is -2.03. The van der Waals surface area contributed by atoms with Crippen LogP contribution in [0.2, 0.25) is 5.02 Å². The Morgan fingerprint density at radius 1 is 1.44 bits per heavy atom. The quantitative estimate of drug-likeness (QED) is 0.615. The smallest absolute Gasteiger partial charge is 0.282 e. The number of nitro groups is 1. The number of hydrogen-bond donors (Lipinski definition) is 0. The molecule has 0 spiro atoms. The Kier molecular flexibility index (Phi) is 2.98. The molecule has 0 fully saturated rings. The molecule has 16 heavy (non-hydrogen) atoms. The maximum atomic E-state index is 10.9. The van der Waals surface area contributed by atoms with Crippen LogP contribution in [0, 0.1) is 10.1 Å². The van der Waals surface area contributed by atoms with E-state index >= 15 is 0 Å². The molecule has 0 atom stereocenters. The molecule has 82 valence electrons. The van der Waals surface area contributed by atoms with E-state index in [9.17, 15) is 10.1 Å². The topological polar surface area (TPSA) is 56.3 Å². The van der Waals surface area contributed by atoms with Gasteiger partial charge in [0, 0.05) is 15.6 Å². The van der Waals surface area contributed by atoms with Gasteiger partial charge in [0.05, 0.1) is 11.2 Å². The summed E-state index contributed by atoms with van der Waals surface area (Å²) >= 11 is 9.00. The zero-order valence-electron chi connectivity index (χ0n) is 7.81. The van der Waals surface area contributed by atoms with Crippen LogP contribution in [0.25, 0.3) is 11.3 Å². The molecule has 0 radical (unpaired) electrons. The van der Waals surface area contributed by atoms with Crippen molar-refractivity contribution in [1.82, 2.24) is 0 Å². The summed E-state index contributed by atoms with van der Waals surface area (Å²) in [4.78, 5) is 10.4. The molecule has 1 aromatic heterocycles. The first kappa shape index (κ1) is 11.2. The van der Waals surface area contributed by atoms with E-state index in [1.807, 2.05) is 0 Å². The summed E-state index contributed by atoms with van der Waals surface area (Å²) in [5.41, 5.74) is 0.300. The highest BCUT2D eigenvalue weighted by molar-refractivity contribution is 9.10. The molecule has 0 amide bonds. The summed E-state index contributed by atoms with van der Waals surface area (Å²) in [5.74, 6) is 0.426. The first-order valence-corrected chi connectivity index (χ1v) is 5.44. The molecular weight excluding hydrogens is 297 g/mol. The fraction of sp³-hybridized carbons (Fsp3) is 0. The number of halogens is 2. The van der Waals surface area contributed by atoms with Crippen molar-refractivity contribution in [3.8, 4) is 11.3 Å². The summed E-state index contributed by atoms with van der Waals surface area (Å²) in [7, 11) is 0. The van der Waals surface area contributed by atoms with Gasteiger partial charge in [0.2, 0.25) is 0 Å². The molecule has 0 unspecified atom stereocenters. The minimum Gasteiger partial charge on any atom is -0.464 e. The molecular formula is C10H5BrClNO3.